The molecule has 0 saturated carbocycles. The van der Waals surface area contributed by atoms with Crippen molar-refractivity contribution in [1.29, 1.82) is 0 Å². The molecular formula is C19H19N3O4. The molecule has 7 heteroatoms. The lowest BCUT2D eigenvalue weighted by Gasteiger charge is -2.14. The summed E-state index contributed by atoms with van der Waals surface area (Å²) in [7, 11) is 0. The molecule has 0 spiro atoms. The number of anilines is 1. The fraction of sp³-hybridized carbons (Fsp3) is 0.263. The number of pyridine rings is 1. The van der Waals surface area contributed by atoms with Crippen molar-refractivity contribution in [2.75, 3.05) is 5.32 Å². The van der Waals surface area contributed by atoms with Gasteiger partial charge in [0.2, 0.25) is 0 Å². The second-order valence-electron chi connectivity index (χ2n) is 6.19. The van der Waals surface area contributed by atoms with E-state index in [9.17, 15) is 9.59 Å². The van der Waals surface area contributed by atoms with E-state index in [0.29, 0.717) is 27.9 Å². The predicted octanol–water partition coefficient (Wildman–Crippen LogP) is 3.33. The van der Waals surface area contributed by atoms with E-state index in [1.165, 1.54) is 6.92 Å². The van der Waals surface area contributed by atoms with Gasteiger partial charge in [0, 0.05) is 17.1 Å². The molecule has 3 rings (SSSR count). The molecule has 0 saturated heterocycles. The van der Waals surface area contributed by atoms with Crippen molar-refractivity contribution in [3.63, 3.8) is 0 Å². The number of aromatic nitrogens is 2. The number of benzene rings is 1. The first-order valence-corrected chi connectivity index (χ1v) is 8.16. The molecule has 3 aromatic rings. The number of rotatable bonds is 4. The highest BCUT2D eigenvalue weighted by molar-refractivity contribution is 6.05. The Labute approximate surface area is 150 Å². The first-order chi connectivity index (χ1) is 12.3. The highest BCUT2D eigenvalue weighted by Gasteiger charge is 2.22. The molecule has 26 heavy (non-hydrogen) atoms. The van der Waals surface area contributed by atoms with Gasteiger partial charge in [-0.3, -0.25) is 9.78 Å². The molecule has 0 fully saturated rings. The minimum absolute atomic E-state index is 0.274. The second-order valence-corrected chi connectivity index (χ2v) is 6.19. The Hall–Kier alpha value is -3.22. The maximum atomic E-state index is 12.6. The smallest absolute Gasteiger partial charge is 0.339 e. The van der Waals surface area contributed by atoms with Gasteiger partial charge in [0.05, 0.1) is 11.1 Å². The normalized spacial score (nSPS) is 12.0. The molecule has 0 bridgehead atoms. The van der Waals surface area contributed by atoms with Crippen LogP contribution in [-0.2, 0) is 9.53 Å². The van der Waals surface area contributed by atoms with Gasteiger partial charge in [-0.25, -0.2) is 4.79 Å². The summed E-state index contributed by atoms with van der Waals surface area (Å²) in [6.45, 7) is 6.95. The summed E-state index contributed by atoms with van der Waals surface area (Å²) in [4.78, 5) is 29.2. The average molecular weight is 353 g/mol. The number of ether oxygens (including phenoxy) is 1. The molecule has 0 aliphatic heterocycles. The van der Waals surface area contributed by atoms with Gasteiger partial charge in [0.25, 0.3) is 5.91 Å². The number of hydrogen-bond donors (Lipinski definition) is 1. The zero-order valence-corrected chi connectivity index (χ0v) is 15.0. The molecule has 2 heterocycles. The van der Waals surface area contributed by atoms with Crippen LogP contribution in [0.15, 0.2) is 34.9 Å². The number of nitrogens with one attached hydrogen (secondary N) is 1. The van der Waals surface area contributed by atoms with Crippen molar-refractivity contribution < 1.29 is 18.8 Å². The van der Waals surface area contributed by atoms with Crippen LogP contribution in [0.5, 0.6) is 0 Å². The maximum absolute atomic E-state index is 12.6. The van der Waals surface area contributed by atoms with Crippen LogP contribution in [0.3, 0.4) is 0 Å². The number of carbonyl (C=O) groups is 2. The van der Waals surface area contributed by atoms with E-state index >= 15 is 0 Å². The molecule has 0 aliphatic rings. The van der Waals surface area contributed by atoms with Crippen LogP contribution >= 0.6 is 0 Å². The van der Waals surface area contributed by atoms with E-state index in [2.05, 4.69) is 15.5 Å². The number of nitrogens with zero attached hydrogens (tertiary/aromatic N) is 2. The molecule has 1 atom stereocenters. The van der Waals surface area contributed by atoms with E-state index in [-0.39, 0.29) is 5.82 Å². The van der Waals surface area contributed by atoms with Crippen LogP contribution in [0.2, 0.25) is 0 Å². The Kier molecular flexibility index (Phi) is 4.71. The van der Waals surface area contributed by atoms with E-state index < -0.39 is 18.0 Å². The fourth-order valence-electron chi connectivity index (χ4n) is 2.57. The van der Waals surface area contributed by atoms with Crippen molar-refractivity contribution in [1.82, 2.24) is 10.1 Å². The molecule has 1 amide bonds. The summed E-state index contributed by atoms with van der Waals surface area (Å²) < 4.78 is 10.2. The molecule has 1 aromatic carbocycles. The molecule has 1 unspecified atom stereocenters. The predicted molar refractivity (Wildman–Crippen MR) is 96.0 cm³/mol. The van der Waals surface area contributed by atoms with Gasteiger partial charge in [0.1, 0.15) is 5.76 Å². The van der Waals surface area contributed by atoms with Crippen molar-refractivity contribution in [3.8, 4) is 0 Å². The standard InChI is InChI=1S/C19H19N3O4/c1-10-5-6-16-14(7-10)15(8-11(2)20-16)19(24)25-13(4)18(23)21-17-9-12(3)26-22-17/h5-9,13H,1-4H3,(H,21,22,23). The highest BCUT2D eigenvalue weighted by Crippen LogP contribution is 2.21. The quantitative estimate of drug-likeness (QED) is 0.723. The van der Waals surface area contributed by atoms with Crippen molar-refractivity contribution in [2.45, 2.75) is 33.8 Å². The van der Waals surface area contributed by atoms with Crippen molar-refractivity contribution in [3.05, 3.63) is 52.9 Å². The number of aryl methyl sites for hydroxylation is 3. The first kappa shape index (κ1) is 17.6. The lowest BCUT2D eigenvalue weighted by atomic mass is 10.1. The maximum Gasteiger partial charge on any atom is 0.339 e. The summed E-state index contributed by atoms with van der Waals surface area (Å²) in [6.07, 6.45) is -0.993. The lowest BCUT2D eigenvalue weighted by molar-refractivity contribution is -0.123. The Bertz CT molecular complexity index is 994. The van der Waals surface area contributed by atoms with Crippen molar-refractivity contribution in [2.24, 2.45) is 0 Å². The van der Waals surface area contributed by atoms with Crippen LogP contribution in [0.1, 0.15) is 34.3 Å². The van der Waals surface area contributed by atoms with Gasteiger partial charge in [-0.2, -0.15) is 0 Å². The molecule has 2 aromatic heterocycles. The third-order valence-corrected chi connectivity index (χ3v) is 3.84. The SMILES string of the molecule is Cc1ccc2nc(C)cc(C(=O)OC(C)C(=O)Nc3cc(C)on3)c2c1. The Morgan fingerprint density at radius 1 is 1.15 bits per heavy atom. The van der Waals surface area contributed by atoms with E-state index in [0.717, 1.165) is 5.56 Å². The second kappa shape index (κ2) is 6.95. The van der Waals surface area contributed by atoms with E-state index in [1.807, 2.05) is 25.1 Å². The average Bonchev–Trinajstić information content (AvgIpc) is 2.99. The van der Waals surface area contributed by atoms with Crippen LogP contribution in [-0.4, -0.2) is 28.1 Å². The molecule has 134 valence electrons. The summed E-state index contributed by atoms with van der Waals surface area (Å²) in [5.74, 6) is -0.224. The number of esters is 1. The Morgan fingerprint density at radius 3 is 2.62 bits per heavy atom. The summed E-state index contributed by atoms with van der Waals surface area (Å²) in [6, 6.07) is 8.91. The van der Waals surface area contributed by atoms with Gasteiger partial charge in [-0.1, -0.05) is 16.8 Å². The topological polar surface area (TPSA) is 94.3 Å². The zero-order valence-electron chi connectivity index (χ0n) is 15.0. The van der Waals surface area contributed by atoms with E-state index in [1.54, 1.807) is 26.0 Å². The number of amides is 1. The molecule has 0 aliphatic carbocycles. The number of hydrogen-bond acceptors (Lipinski definition) is 6. The number of fused-ring (bicyclic) bond motifs is 1. The molecule has 0 radical (unpaired) electrons. The monoisotopic (exact) mass is 353 g/mol. The molecule has 1 N–H and O–H groups in total. The summed E-state index contributed by atoms with van der Waals surface area (Å²) >= 11 is 0. The summed E-state index contributed by atoms with van der Waals surface area (Å²) in [5.41, 5.74) is 2.79. The molecule has 7 nitrogen and oxygen atoms in total. The largest absolute Gasteiger partial charge is 0.449 e. The molecular weight excluding hydrogens is 334 g/mol. The van der Waals surface area contributed by atoms with E-state index in [4.69, 9.17) is 9.26 Å². The van der Waals surface area contributed by atoms with Crippen LogP contribution < -0.4 is 5.32 Å². The summed E-state index contributed by atoms with van der Waals surface area (Å²) in [5, 5.41) is 6.92. The van der Waals surface area contributed by atoms with Crippen LogP contribution in [0.25, 0.3) is 10.9 Å². The van der Waals surface area contributed by atoms with Gasteiger partial charge < -0.3 is 14.6 Å². The Morgan fingerprint density at radius 2 is 1.92 bits per heavy atom. The first-order valence-electron chi connectivity index (χ1n) is 8.16. The van der Waals surface area contributed by atoms with Crippen molar-refractivity contribution >= 4 is 28.6 Å². The van der Waals surface area contributed by atoms with Crippen LogP contribution in [0.4, 0.5) is 5.82 Å². The highest BCUT2D eigenvalue weighted by atomic mass is 16.5. The fourth-order valence-corrected chi connectivity index (χ4v) is 2.57. The van der Waals surface area contributed by atoms with Gasteiger partial charge in [-0.15, -0.1) is 0 Å². The zero-order chi connectivity index (χ0) is 18.8. The van der Waals surface area contributed by atoms with Gasteiger partial charge >= 0.3 is 5.97 Å². The van der Waals surface area contributed by atoms with Gasteiger partial charge in [-0.05, 0) is 45.9 Å². The lowest BCUT2D eigenvalue weighted by Crippen LogP contribution is -2.30. The Balaban J connectivity index is 1.80. The third kappa shape index (κ3) is 3.72. The third-order valence-electron chi connectivity index (χ3n) is 3.84. The minimum atomic E-state index is -0.993. The number of carbonyl (C=O) groups excluding carboxylic acids is 2. The van der Waals surface area contributed by atoms with Gasteiger partial charge in [0.15, 0.2) is 11.9 Å². The minimum Gasteiger partial charge on any atom is -0.449 e. The van der Waals surface area contributed by atoms with Crippen LogP contribution in [0, 0.1) is 20.8 Å².